The summed E-state index contributed by atoms with van der Waals surface area (Å²) in [5, 5.41) is 0.768. The van der Waals surface area contributed by atoms with Crippen LogP contribution in [0.1, 0.15) is 11.1 Å². The van der Waals surface area contributed by atoms with Gasteiger partial charge in [0.1, 0.15) is 11.6 Å². The first-order valence-corrected chi connectivity index (χ1v) is 6.78. The lowest BCUT2D eigenvalue weighted by Gasteiger charge is -2.20. The van der Waals surface area contributed by atoms with E-state index in [2.05, 4.69) is 25.8 Å². The zero-order valence-electron chi connectivity index (χ0n) is 10.1. The van der Waals surface area contributed by atoms with Crippen molar-refractivity contribution in [1.29, 1.82) is 0 Å². The van der Waals surface area contributed by atoms with Gasteiger partial charge in [0.2, 0.25) is 0 Å². The molecule has 0 aliphatic carbocycles. The third-order valence-corrected chi connectivity index (χ3v) is 3.31. The summed E-state index contributed by atoms with van der Waals surface area (Å²) in [6, 6.07) is 10.5. The highest BCUT2D eigenvalue weighted by molar-refractivity contribution is 9.08. The van der Waals surface area contributed by atoms with Gasteiger partial charge in [-0.25, -0.2) is 9.37 Å². The molecule has 1 aromatic carbocycles. The average molecular weight is 309 g/mol. The van der Waals surface area contributed by atoms with Gasteiger partial charge in [0, 0.05) is 30.7 Å². The highest BCUT2D eigenvalue weighted by atomic mass is 79.9. The topological polar surface area (TPSA) is 16.1 Å². The number of rotatable bonds is 4. The molecule has 0 bridgehead atoms. The molecule has 0 fully saturated rings. The predicted molar refractivity (Wildman–Crippen MR) is 75.4 cm³/mol. The maximum absolute atomic E-state index is 12.8. The maximum Gasteiger partial charge on any atom is 0.132 e. The highest BCUT2D eigenvalue weighted by Gasteiger charge is 2.08. The quantitative estimate of drug-likeness (QED) is 0.800. The van der Waals surface area contributed by atoms with Crippen LogP contribution in [-0.2, 0) is 11.9 Å². The van der Waals surface area contributed by atoms with Crippen LogP contribution in [0.3, 0.4) is 0 Å². The molecule has 0 amide bonds. The molecule has 4 heteroatoms. The number of alkyl halides is 1. The molecule has 2 rings (SSSR count). The van der Waals surface area contributed by atoms with Crippen LogP contribution in [0.2, 0.25) is 0 Å². The SMILES string of the molecule is CN(Cc1ccc(F)cc1)c1ncccc1CBr. The Kier molecular flexibility index (Phi) is 4.31. The van der Waals surface area contributed by atoms with Crippen molar-refractivity contribution in [3.63, 3.8) is 0 Å². The van der Waals surface area contributed by atoms with Crippen LogP contribution < -0.4 is 4.90 Å². The van der Waals surface area contributed by atoms with Gasteiger partial charge in [0.05, 0.1) is 0 Å². The van der Waals surface area contributed by atoms with Crippen LogP contribution in [0.25, 0.3) is 0 Å². The number of benzene rings is 1. The van der Waals surface area contributed by atoms with Gasteiger partial charge in [0.15, 0.2) is 0 Å². The Morgan fingerprint density at radius 2 is 1.94 bits per heavy atom. The van der Waals surface area contributed by atoms with E-state index in [4.69, 9.17) is 0 Å². The normalized spacial score (nSPS) is 10.4. The van der Waals surface area contributed by atoms with Gasteiger partial charge in [-0.2, -0.15) is 0 Å². The fourth-order valence-electron chi connectivity index (χ4n) is 1.82. The largest absolute Gasteiger partial charge is 0.355 e. The van der Waals surface area contributed by atoms with E-state index in [9.17, 15) is 4.39 Å². The maximum atomic E-state index is 12.8. The van der Waals surface area contributed by atoms with Crippen LogP contribution in [0.4, 0.5) is 10.2 Å². The number of hydrogen-bond acceptors (Lipinski definition) is 2. The zero-order valence-corrected chi connectivity index (χ0v) is 11.7. The van der Waals surface area contributed by atoms with Gasteiger partial charge in [-0.05, 0) is 23.8 Å². The molecule has 94 valence electrons. The second kappa shape index (κ2) is 5.96. The zero-order chi connectivity index (χ0) is 13.0. The Balaban J connectivity index is 2.16. The van der Waals surface area contributed by atoms with E-state index in [0.29, 0.717) is 6.54 Å². The van der Waals surface area contributed by atoms with Crippen molar-refractivity contribution in [1.82, 2.24) is 4.98 Å². The molecule has 0 saturated heterocycles. The Morgan fingerprint density at radius 1 is 1.22 bits per heavy atom. The monoisotopic (exact) mass is 308 g/mol. The number of anilines is 1. The molecular weight excluding hydrogens is 295 g/mol. The molecular formula is C14H14BrFN2. The molecule has 0 N–H and O–H groups in total. The Morgan fingerprint density at radius 3 is 2.61 bits per heavy atom. The third-order valence-electron chi connectivity index (χ3n) is 2.71. The molecule has 0 unspecified atom stereocenters. The summed E-state index contributed by atoms with van der Waals surface area (Å²) in [4.78, 5) is 6.44. The standard InChI is InChI=1S/C14H14BrFN2/c1-18(10-11-4-6-13(16)7-5-11)14-12(9-15)3-2-8-17-14/h2-8H,9-10H2,1H3. The first kappa shape index (κ1) is 13.0. The molecule has 0 radical (unpaired) electrons. The number of hydrogen-bond donors (Lipinski definition) is 0. The molecule has 1 aromatic heterocycles. The van der Waals surface area contributed by atoms with Gasteiger partial charge >= 0.3 is 0 Å². The molecule has 0 saturated carbocycles. The summed E-state index contributed by atoms with van der Waals surface area (Å²) in [5.74, 6) is 0.735. The van der Waals surface area contributed by atoms with Crippen molar-refractivity contribution in [2.24, 2.45) is 0 Å². The van der Waals surface area contributed by atoms with E-state index in [1.807, 2.05) is 19.2 Å². The lowest BCUT2D eigenvalue weighted by Crippen LogP contribution is -2.19. The van der Waals surface area contributed by atoms with E-state index in [-0.39, 0.29) is 5.82 Å². The summed E-state index contributed by atoms with van der Waals surface area (Å²) in [7, 11) is 1.98. The minimum absolute atomic E-state index is 0.208. The van der Waals surface area contributed by atoms with Crippen molar-refractivity contribution < 1.29 is 4.39 Å². The molecule has 2 nitrogen and oxygen atoms in total. The van der Waals surface area contributed by atoms with Gasteiger partial charge in [0.25, 0.3) is 0 Å². The van der Waals surface area contributed by atoms with E-state index < -0.39 is 0 Å². The van der Waals surface area contributed by atoms with Gasteiger partial charge in [-0.15, -0.1) is 0 Å². The van der Waals surface area contributed by atoms with Gasteiger partial charge in [-0.1, -0.05) is 34.1 Å². The first-order valence-electron chi connectivity index (χ1n) is 5.66. The van der Waals surface area contributed by atoms with Crippen LogP contribution in [0, 0.1) is 5.82 Å². The summed E-state index contributed by atoms with van der Waals surface area (Å²) in [6.45, 7) is 0.706. The summed E-state index contributed by atoms with van der Waals surface area (Å²) < 4.78 is 12.8. The minimum Gasteiger partial charge on any atom is -0.355 e. The Labute approximate surface area is 115 Å². The van der Waals surface area contributed by atoms with Gasteiger partial charge in [-0.3, -0.25) is 0 Å². The van der Waals surface area contributed by atoms with Crippen LogP contribution in [-0.4, -0.2) is 12.0 Å². The second-order valence-electron chi connectivity index (χ2n) is 4.10. The van der Waals surface area contributed by atoms with Crippen molar-refractivity contribution in [3.8, 4) is 0 Å². The lowest BCUT2D eigenvalue weighted by atomic mass is 10.2. The van der Waals surface area contributed by atoms with Crippen LogP contribution >= 0.6 is 15.9 Å². The van der Waals surface area contributed by atoms with E-state index in [1.165, 1.54) is 12.1 Å². The first-order chi connectivity index (χ1) is 8.70. The highest BCUT2D eigenvalue weighted by Crippen LogP contribution is 2.20. The van der Waals surface area contributed by atoms with Gasteiger partial charge < -0.3 is 4.90 Å². The summed E-state index contributed by atoms with van der Waals surface area (Å²) in [6.07, 6.45) is 1.78. The molecule has 0 aliphatic rings. The van der Waals surface area contributed by atoms with Crippen molar-refractivity contribution in [2.45, 2.75) is 11.9 Å². The molecule has 0 atom stereocenters. The minimum atomic E-state index is -0.208. The number of nitrogens with zero attached hydrogens (tertiary/aromatic N) is 2. The molecule has 2 aromatic rings. The average Bonchev–Trinajstić information content (AvgIpc) is 2.41. The fraction of sp³-hybridized carbons (Fsp3) is 0.214. The lowest BCUT2D eigenvalue weighted by molar-refractivity contribution is 0.627. The van der Waals surface area contributed by atoms with Crippen LogP contribution in [0.15, 0.2) is 42.6 Å². The number of pyridine rings is 1. The van der Waals surface area contributed by atoms with Crippen molar-refractivity contribution in [3.05, 3.63) is 59.5 Å². The second-order valence-corrected chi connectivity index (χ2v) is 4.66. The summed E-state index contributed by atoms with van der Waals surface area (Å²) >= 11 is 3.46. The molecule has 1 heterocycles. The van der Waals surface area contributed by atoms with E-state index in [1.54, 1.807) is 18.3 Å². The smallest absolute Gasteiger partial charge is 0.132 e. The molecule has 0 spiro atoms. The fourth-order valence-corrected chi connectivity index (χ4v) is 2.25. The molecule has 18 heavy (non-hydrogen) atoms. The predicted octanol–water partition coefficient (Wildman–Crippen LogP) is 3.75. The van der Waals surface area contributed by atoms with Crippen molar-refractivity contribution >= 4 is 21.7 Å². The Bertz CT molecular complexity index is 513. The van der Waals surface area contributed by atoms with Crippen LogP contribution in [0.5, 0.6) is 0 Å². The van der Waals surface area contributed by atoms with Crippen molar-refractivity contribution in [2.75, 3.05) is 11.9 Å². The number of halogens is 2. The third kappa shape index (κ3) is 3.07. The number of aromatic nitrogens is 1. The molecule has 0 aliphatic heterocycles. The Hall–Kier alpha value is -1.42. The van der Waals surface area contributed by atoms with E-state index in [0.717, 1.165) is 22.3 Å². The van der Waals surface area contributed by atoms with E-state index >= 15 is 0 Å². The summed E-state index contributed by atoms with van der Waals surface area (Å²) in [5.41, 5.74) is 2.20.